The SMILES string of the molecule is COc1ccc(C(C)NCC(=O)OC(C)C)cc1OC. The number of ether oxygens (including phenoxy) is 3. The normalized spacial score (nSPS) is 12.1. The summed E-state index contributed by atoms with van der Waals surface area (Å²) < 4.78 is 15.5. The van der Waals surface area contributed by atoms with Crippen LogP contribution >= 0.6 is 0 Å². The van der Waals surface area contributed by atoms with E-state index in [1.165, 1.54) is 0 Å². The topological polar surface area (TPSA) is 56.8 Å². The van der Waals surface area contributed by atoms with Crippen molar-refractivity contribution in [3.63, 3.8) is 0 Å². The highest BCUT2D eigenvalue weighted by Gasteiger charge is 2.12. The average molecular weight is 281 g/mol. The Kier molecular flexibility index (Phi) is 6.31. The number of hydrogen-bond acceptors (Lipinski definition) is 5. The molecule has 0 saturated carbocycles. The van der Waals surface area contributed by atoms with Gasteiger partial charge in [0.1, 0.15) is 0 Å². The van der Waals surface area contributed by atoms with Crippen LogP contribution in [-0.2, 0) is 9.53 Å². The highest BCUT2D eigenvalue weighted by molar-refractivity contribution is 5.71. The lowest BCUT2D eigenvalue weighted by Gasteiger charge is -2.16. The maximum atomic E-state index is 11.5. The van der Waals surface area contributed by atoms with Crippen LogP contribution in [0.1, 0.15) is 32.4 Å². The molecule has 0 aliphatic rings. The van der Waals surface area contributed by atoms with Crippen molar-refractivity contribution in [2.45, 2.75) is 32.9 Å². The molecule has 0 aromatic heterocycles. The predicted molar refractivity (Wildman–Crippen MR) is 77.2 cm³/mol. The molecule has 0 aliphatic carbocycles. The van der Waals surface area contributed by atoms with E-state index >= 15 is 0 Å². The summed E-state index contributed by atoms with van der Waals surface area (Å²) in [6.07, 6.45) is -0.0966. The lowest BCUT2D eigenvalue weighted by Crippen LogP contribution is -2.28. The van der Waals surface area contributed by atoms with Crippen molar-refractivity contribution in [3.8, 4) is 11.5 Å². The predicted octanol–water partition coefficient (Wildman–Crippen LogP) is 2.31. The van der Waals surface area contributed by atoms with Crippen LogP contribution in [0.15, 0.2) is 18.2 Å². The van der Waals surface area contributed by atoms with E-state index in [1.807, 2.05) is 39.0 Å². The maximum absolute atomic E-state index is 11.5. The molecule has 0 fully saturated rings. The second-order valence-electron chi connectivity index (χ2n) is 4.76. The molecule has 112 valence electrons. The van der Waals surface area contributed by atoms with Gasteiger partial charge in [0.2, 0.25) is 0 Å². The highest BCUT2D eigenvalue weighted by Crippen LogP contribution is 2.29. The van der Waals surface area contributed by atoms with Crippen LogP contribution < -0.4 is 14.8 Å². The Morgan fingerprint density at radius 1 is 1.15 bits per heavy atom. The third kappa shape index (κ3) is 4.74. The molecule has 0 radical (unpaired) electrons. The second-order valence-corrected chi connectivity index (χ2v) is 4.76. The first-order chi connectivity index (χ1) is 9.47. The van der Waals surface area contributed by atoms with Crippen LogP contribution in [0.5, 0.6) is 11.5 Å². The minimum absolute atomic E-state index is 0.00881. The quantitative estimate of drug-likeness (QED) is 0.777. The molecule has 1 aromatic rings. The Balaban J connectivity index is 2.63. The number of carbonyl (C=O) groups excluding carboxylic acids is 1. The first-order valence-electron chi connectivity index (χ1n) is 6.62. The smallest absolute Gasteiger partial charge is 0.320 e. The lowest BCUT2D eigenvalue weighted by atomic mass is 10.1. The van der Waals surface area contributed by atoms with E-state index < -0.39 is 0 Å². The van der Waals surface area contributed by atoms with Crippen LogP contribution in [0.25, 0.3) is 0 Å². The van der Waals surface area contributed by atoms with Crippen molar-refractivity contribution in [2.75, 3.05) is 20.8 Å². The monoisotopic (exact) mass is 281 g/mol. The Bertz CT molecular complexity index is 445. The molecule has 1 rings (SSSR count). The minimum atomic E-state index is -0.257. The van der Waals surface area contributed by atoms with E-state index in [0.29, 0.717) is 11.5 Å². The lowest BCUT2D eigenvalue weighted by molar-refractivity contribution is -0.146. The van der Waals surface area contributed by atoms with E-state index in [2.05, 4.69) is 5.32 Å². The molecule has 0 bridgehead atoms. The number of methoxy groups -OCH3 is 2. The Morgan fingerprint density at radius 2 is 1.80 bits per heavy atom. The molecule has 1 unspecified atom stereocenters. The van der Waals surface area contributed by atoms with Gasteiger partial charge in [0, 0.05) is 6.04 Å². The second kappa shape index (κ2) is 7.75. The summed E-state index contributed by atoms with van der Waals surface area (Å²) in [5.41, 5.74) is 1.01. The molecule has 0 aliphatic heterocycles. The summed E-state index contributed by atoms with van der Waals surface area (Å²) in [6.45, 7) is 5.81. The van der Waals surface area contributed by atoms with Gasteiger partial charge in [-0.15, -0.1) is 0 Å². The number of esters is 1. The standard InChI is InChI=1S/C15H23NO4/c1-10(2)20-15(17)9-16-11(3)12-6-7-13(18-4)14(8-12)19-5/h6-8,10-11,16H,9H2,1-5H3. The van der Waals surface area contributed by atoms with Gasteiger partial charge >= 0.3 is 5.97 Å². The first kappa shape index (κ1) is 16.3. The van der Waals surface area contributed by atoms with Crippen LogP contribution in [0.3, 0.4) is 0 Å². The van der Waals surface area contributed by atoms with Crippen LogP contribution in [0.2, 0.25) is 0 Å². The van der Waals surface area contributed by atoms with Gasteiger partial charge in [0.25, 0.3) is 0 Å². The van der Waals surface area contributed by atoms with Crippen LogP contribution in [0, 0.1) is 0 Å². The number of hydrogen-bond donors (Lipinski definition) is 1. The first-order valence-corrected chi connectivity index (χ1v) is 6.62. The van der Waals surface area contributed by atoms with Gasteiger partial charge in [0.15, 0.2) is 11.5 Å². The van der Waals surface area contributed by atoms with Crippen molar-refractivity contribution in [3.05, 3.63) is 23.8 Å². The molecule has 0 amide bonds. The fourth-order valence-corrected chi connectivity index (χ4v) is 1.78. The molecule has 0 heterocycles. The number of benzene rings is 1. The average Bonchev–Trinajstić information content (AvgIpc) is 2.43. The fourth-order valence-electron chi connectivity index (χ4n) is 1.78. The van der Waals surface area contributed by atoms with E-state index in [1.54, 1.807) is 14.2 Å². The van der Waals surface area contributed by atoms with Crippen LogP contribution in [0.4, 0.5) is 0 Å². The van der Waals surface area contributed by atoms with Gasteiger partial charge in [-0.1, -0.05) is 6.07 Å². The number of rotatable bonds is 7. The molecule has 20 heavy (non-hydrogen) atoms. The van der Waals surface area contributed by atoms with Gasteiger partial charge < -0.3 is 19.5 Å². The molecule has 1 atom stereocenters. The van der Waals surface area contributed by atoms with Gasteiger partial charge in [0.05, 0.1) is 26.9 Å². The molecule has 0 saturated heterocycles. The van der Waals surface area contributed by atoms with Crippen molar-refractivity contribution >= 4 is 5.97 Å². The van der Waals surface area contributed by atoms with Crippen molar-refractivity contribution in [1.29, 1.82) is 0 Å². The third-order valence-corrected chi connectivity index (χ3v) is 2.83. The van der Waals surface area contributed by atoms with E-state index in [-0.39, 0.29) is 24.7 Å². The summed E-state index contributed by atoms with van der Waals surface area (Å²) in [4.78, 5) is 11.5. The summed E-state index contributed by atoms with van der Waals surface area (Å²) in [5.74, 6) is 1.10. The summed E-state index contributed by atoms with van der Waals surface area (Å²) >= 11 is 0. The number of nitrogens with one attached hydrogen (secondary N) is 1. The van der Waals surface area contributed by atoms with Gasteiger partial charge in [-0.25, -0.2) is 0 Å². The van der Waals surface area contributed by atoms with E-state index in [0.717, 1.165) is 5.56 Å². The highest BCUT2D eigenvalue weighted by atomic mass is 16.5. The van der Waals surface area contributed by atoms with Crippen molar-refractivity contribution < 1.29 is 19.0 Å². The van der Waals surface area contributed by atoms with E-state index in [9.17, 15) is 4.79 Å². The molecular formula is C15H23NO4. The zero-order valence-electron chi connectivity index (χ0n) is 12.7. The van der Waals surface area contributed by atoms with Gasteiger partial charge in [-0.2, -0.15) is 0 Å². The fraction of sp³-hybridized carbons (Fsp3) is 0.533. The van der Waals surface area contributed by atoms with Crippen molar-refractivity contribution in [1.82, 2.24) is 5.32 Å². The molecule has 0 spiro atoms. The molecule has 1 N–H and O–H groups in total. The maximum Gasteiger partial charge on any atom is 0.320 e. The van der Waals surface area contributed by atoms with Crippen molar-refractivity contribution in [2.24, 2.45) is 0 Å². The molecule has 5 nitrogen and oxygen atoms in total. The number of carbonyl (C=O) groups is 1. The summed E-state index contributed by atoms with van der Waals surface area (Å²) in [7, 11) is 3.20. The van der Waals surface area contributed by atoms with Crippen LogP contribution in [-0.4, -0.2) is 32.8 Å². The summed E-state index contributed by atoms with van der Waals surface area (Å²) in [6, 6.07) is 5.69. The Morgan fingerprint density at radius 3 is 2.35 bits per heavy atom. The van der Waals surface area contributed by atoms with Gasteiger partial charge in [-0.3, -0.25) is 4.79 Å². The minimum Gasteiger partial charge on any atom is -0.493 e. The van der Waals surface area contributed by atoms with E-state index in [4.69, 9.17) is 14.2 Å². The van der Waals surface area contributed by atoms with Gasteiger partial charge in [-0.05, 0) is 38.5 Å². The third-order valence-electron chi connectivity index (χ3n) is 2.83. The largest absolute Gasteiger partial charge is 0.493 e. The zero-order valence-corrected chi connectivity index (χ0v) is 12.7. The zero-order chi connectivity index (χ0) is 15.1. The Labute approximate surface area is 120 Å². The molecule has 5 heteroatoms. The summed E-state index contributed by atoms with van der Waals surface area (Å²) in [5, 5.41) is 3.12. The Hall–Kier alpha value is -1.75. The molecule has 1 aromatic carbocycles. The molecular weight excluding hydrogens is 258 g/mol.